The molecular formula is C16H25BO4. The lowest BCUT2D eigenvalue weighted by atomic mass is 9.88. The van der Waals surface area contributed by atoms with Crippen molar-refractivity contribution in [1.29, 1.82) is 0 Å². The van der Waals surface area contributed by atoms with E-state index in [4.69, 9.17) is 18.1 Å². The fraction of sp³-hybridized carbons (Fsp3) is 0.562. The van der Waals surface area contributed by atoms with Crippen LogP contribution in [0.3, 0.4) is 0 Å². The van der Waals surface area contributed by atoms with Crippen molar-refractivity contribution in [2.45, 2.75) is 52.7 Å². The van der Waals surface area contributed by atoms with Gasteiger partial charge < -0.3 is 14.9 Å². The summed E-state index contributed by atoms with van der Waals surface area (Å²) in [7, 11) is 7.03. The molecule has 0 aromatic heterocycles. The molecule has 0 amide bonds. The number of ether oxygens (including phenoxy) is 1. The number of benzene rings is 1. The van der Waals surface area contributed by atoms with E-state index in [0.717, 1.165) is 11.1 Å². The molecule has 5 heteroatoms. The van der Waals surface area contributed by atoms with Crippen molar-refractivity contribution in [2.24, 2.45) is 0 Å². The van der Waals surface area contributed by atoms with E-state index in [1.54, 1.807) is 33.8 Å². The third-order valence-electron chi connectivity index (χ3n) is 3.52. The van der Waals surface area contributed by atoms with Crippen molar-refractivity contribution < 1.29 is 19.7 Å². The summed E-state index contributed by atoms with van der Waals surface area (Å²) in [4.78, 5) is 11.2. The Hall–Kier alpha value is -1.33. The standard InChI is InChI=1S/C10H11BO2.C6H14O2/c1-6-4-7(2)9(11)5-8(6)10(12)13-3;1-5(2,7)6(3,4)8/h4-5H,1-3H3;7-8H,1-4H3. The summed E-state index contributed by atoms with van der Waals surface area (Å²) in [6.45, 7) is 10.1. The van der Waals surface area contributed by atoms with E-state index in [0.29, 0.717) is 11.0 Å². The lowest BCUT2D eigenvalue weighted by Crippen LogP contribution is -2.44. The van der Waals surface area contributed by atoms with E-state index < -0.39 is 11.2 Å². The molecule has 0 spiro atoms. The first-order valence-electron chi connectivity index (χ1n) is 6.71. The zero-order valence-corrected chi connectivity index (χ0v) is 13.9. The number of carbonyl (C=O) groups is 1. The molecule has 1 aromatic rings. The van der Waals surface area contributed by atoms with Gasteiger partial charge in [0.25, 0.3) is 0 Å². The Morgan fingerprint density at radius 3 is 1.81 bits per heavy atom. The largest absolute Gasteiger partial charge is 0.465 e. The van der Waals surface area contributed by atoms with E-state index in [1.807, 2.05) is 19.9 Å². The SMILES string of the molecule is CC(C)(O)C(C)(C)O.[B]c1cc(C(=O)OC)c(C)cc1C. The van der Waals surface area contributed by atoms with Crippen molar-refractivity contribution >= 4 is 19.3 Å². The van der Waals surface area contributed by atoms with Crippen LogP contribution in [-0.2, 0) is 4.74 Å². The van der Waals surface area contributed by atoms with Crippen LogP contribution in [0.25, 0.3) is 0 Å². The molecule has 0 heterocycles. The molecule has 116 valence electrons. The molecule has 2 N–H and O–H groups in total. The molecule has 4 nitrogen and oxygen atoms in total. The zero-order chi connectivity index (χ0) is 17.0. The van der Waals surface area contributed by atoms with Crippen molar-refractivity contribution in [3.63, 3.8) is 0 Å². The maximum absolute atomic E-state index is 11.2. The molecule has 0 saturated carbocycles. The second kappa shape index (κ2) is 7.10. The number of aliphatic hydroxyl groups is 2. The van der Waals surface area contributed by atoms with Crippen molar-refractivity contribution in [2.75, 3.05) is 7.11 Å². The highest BCUT2D eigenvalue weighted by atomic mass is 16.5. The smallest absolute Gasteiger partial charge is 0.338 e. The van der Waals surface area contributed by atoms with Crippen LogP contribution in [0.15, 0.2) is 12.1 Å². The molecule has 0 unspecified atom stereocenters. The number of rotatable bonds is 2. The molecule has 21 heavy (non-hydrogen) atoms. The quantitative estimate of drug-likeness (QED) is 0.639. The van der Waals surface area contributed by atoms with Gasteiger partial charge in [-0.05, 0) is 47.1 Å². The van der Waals surface area contributed by atoms with E-state index in [2.05, 4.69) is 4.74 Å². The lowest BCUT2D eigenvalue weighted by molar-refractivity contribution is -0.107. The lowest BCUT2D eigenvalue weighted by Gasteiger charge is -2.31. The Morgan fingerprint density at radius 2 is 1.48 bits per heavy atom. The van der Waals surface area contributed by atoms with Crippen LogP contribution in [0.4, 0.5) is 0 Å². The first-order valence-corrected chi connectivity index (χ1v) is 6.71. The predicted molar refractivity (Wildman–Crippen MR) is 85.2 cm³/mol. The number of hydrogen-bond donors (Lipinski definition) is 2. The molecule has 0 bridgehead atoms. The van der Waals surface area contributed by atoms with Crippen molar-refractivity contribution in [3.05, 3.63) is 28.8 Å². The summed E-state index contributed by atoms with van der Waals surface area (Å²) in [6.07, 6.45) is 0. The minimum atomic E-state index is -1.01. The summed E-state index contributed by atoms with van der Waals surface area (Å²) in [5.74, 6) is -0.343. The van der Waals surface area contributed by atoms with Crippen LogP contribution in [0.5, 0.6) is 0 Å². The van der Waals surface area contributed by atoms with Gasteiger partial charge in [0, 0.05) is 0 Å². The van der Waals surface area contributed by atoms with E-state index in [-0.39, 0.29) is 5.97 Å². The summed E-state index contributed by atoms with van der Waals surface area (Å²) in [6, 6.07) is 3.53. The molecule has 2 radical (unpaired) electrons. The van der Waals surface area contributed by atoms with Crippen LogP contribution < -0.4 is 5.46 Å². The van der Waals surface area contributed by atoms with Crippen LogP contribution in [0.2, 0.25) is 0 Å². The van der Waals surface area contributed by atoms with Crippen molar-refractivity contribution in [1.82, 2.24) is 0 Å². The van der Waals surface area contributed by atoms with Gasteiger partial charge in [0.15, 0.2) is 0 Å². The Bertz CT molecular complexity index is 484. The molecule has 0 fully saturated rings. The molecule has 0 atom stereocenters. The summed E-state index contributed by atoms with van der Waals surface area (Å²) < 4.78 is 4.62. The van der Waals surface area contributed by atoms with Gasteiger partial charge >= 0.3 is 5.97 Å². The van der Waals surface area contributed by atoms with Crippen LogP contribution in [0, 0.1) is 13.8 Å². The Balaban J connectivity index is 0.000000433. The molecule has 1 aromatic carbocycles. The average Bonchev–Trinajstić information content (AvgIpc) is 2.31. The first kappa shape index (κ1) is 19.7. The van der Waals surface area contributed by atoms with Crippen LogP contribution in [-0.4, -0.2) is 42.3 Å². The van der Waals surface area contributed by atoms with Gasteiger partial charge in [-0.1, -0.05) is 23.2 Å². The van der Waals surface area contributed by atoms with E-state index in [9.17, 15) is 4.79 Å². The first-order chi connectivity index (χ1) is 9.31. The van der Waals surface area contributed by atoms with Gasteiger partial charge in [0.2, 0.25) is 0 Å². The molecule has 0 aliphatic heterocycles. The highest BCUT2D eigenvalue weighted by Crippen LogP contribution is 2.19. The second-order valence-electron chi connectivity index (χ2n) is 6.13. The zero-order valence-electron chi connectivity index (χ0n) is 13.9. The maximum Gasteiger partial charge on any atom is 0.338 e. The van der Waals surface area contributed by atoms with Crippen LogP contribution >= 0.6 is 0 Å². The monoisotopic (exact) mass is 292 g/mol. The number of carbonyl (C=O) groups excluding carboxylic acids is 1. The minimum absolute atomic E-state index is 0.343. The van der Waals surface area contributed by atoms with E-state index >= 15 is 0 Å². The molecular weight excluding hydrogens is 267 g/mol. The number of esters is 1. The highest BCUT2D eigenvalue weighted by molar-refractivity contribution is 6.33. The topological polar surface area (TPSA) is 66.8 Å². The summed E-state index contributed by atoms with van der Waals surface area (Å²) in [5.41, 5.74) is 1.00. The van der Waals surface area contributed by atoms with Gasteiger partial charge in [0.1, 0.15) is 7.85 Å². The number of aryl methyl sites for hydroxylation is 2. The van der Waals surface area contributed by atoms with Gasteiger partial charge in [-0.2, -0.15) is 0 Å². The molecule has 0 aliphatic carbocycles. The summed E-state index contributed by atoms with van der Waals surface area (Å²) in [5, 5.41) is 18.2. The van der Waals surface area contributed by atoms with Crippen molar-refractivity contribution in [3.8, 4) is 0 Å². The minimum Gasteiger partial charge on any atom is -0.465 e. The average molecular weight is 292 g/mol. The third-order valence-corrected chi connectivity index (χ3v) is 3.52. The van der Waals surface area contributed by atoms with Crippen LogP contribution in [0.1, 0.15) is 49.2 Å². The van der Waals surface area contributed by atoms with E-state index in [1.165, 1.54) is 7.11 Å². The van der Waals surface area contributed by atoms with Gasteiger partial charge in [-0.15, -0.1) is 0 Å². The fourth-order valence-electron chi connectivity index (χ4n) is 1.20. The molecule has 1 rings (SSSR count). The van der Waals surface area contributed by atoms with Gasteiger partial charge in [-0.25, -0.2) is 4.79 Å². The Morgan fingerprint density at radius 1 is 1.05 bits per heavy atom. The van der Waals surface area contributed by atoms with Gasteiger partial charge in [-0.3, -0.25) is 0 Å². The maximum atomic E-state index is 11.2. The summed E-state index contributed by atoms with van der Waals surface area (Å²) >= 11 is 0. The third kappa shape index (κ3) is 5.90. The normalized spacial score (nSPS) is 11.5. The fourth-order valence-corrected chi connectivity index (χ4v) is 1.20. The Kier molecular flexibility index (Phi) is 6.65. The number of methoxy groups -OCH3 is 1. The predicted octanol–water partition coefficient (Wildman–Crippen LogP) is 1.41. The molecule has 0 aliphatic rings. The number of hydrogen-bond acceptors (Lipinski definition) is 4. The highest BCUT2D eigenvalue weighted by Gasteiger charge is 2.31. The molecule has 0 saturated heterocycles. The second-order valence-corrected chi connectivity index (χ2v) is 6.13. The van der Waals surface area contributed by atoms with Gasteiger partial charge in [0.05, 0.1) is 23.9 Å². The Labute approximate surface area is 128 Å².